The molecule has 0 aromatic rings. The van der Waals surface area contributed by atoms with Crippen molar-refractivity contribution in [3.05, 3.63) is 0 Å². The normalized spacial score (nSPS) is 20.2. The molecule has 0 aliphatic carbocycles. The van der Waals surface area contributed by atoms with E-state index in [1.54, 1.807) is 7.05 Å². The number of nitrogens with two attached hydrogens (primary N) is 1. The van der Waals surface area contributed by atoms with Gasteiger partial charge < -0.3 is 11.1 Å². The Kier molecular flexibility index (Phi) is 6.52. The molecule has 0 spiro atoms. The van der Waals surface area contributed by atoms with E-state index in [0.29, 0.717) is 13.0 Å². The van der Waals surface area contributed by atoms with Crippen LogP contribution in [0.15, 0.2) is 0 Å². The Morgan fingerprint density at radius 1 is 1.47 bits per heavy atom. The van der Waals surface area contributed by atoms with Crippen LogP contribution in [0.3, 0.4) is 0 Å². The van der Waals surface area contributed by atoms with Crippen molar-refractivity contribution in [1.82, 2.24) is 10.2 Å². The van der Waals surface area contributed by atoms with Gasteiger partial charge in [0.25, 0.3) is 0 Å². The zero-order valence-electron chi connectivity index (χ0n) is 11.2. The number of nitrogens with zero attached hydrogens (tertiary/aromatic N) is 1. The third kappa shape index (κ3) is 4.64. The molecule has 0 aromatic carbocycles. The minimum atomic E-state index is 0.0936. The van der Waals surface area contributed by atoms with Gasteiger partial charge in [-0.05, 0) is 31.8 Å². The molecule has 1 aliphatic rings. The van der Waals surface area contributed by atoms with Crippen LogP contribution >= 0.6 is 0 Å². The lowest BCUT2D eigenvalue weighted by atomic mass is 9.91. The SMILES string of the molecule is CCCC1CCN(C(CN)CC(=O)NC)CC1. The van der Waals surface area contributed by atoms with Gasteiger partial charge in [-0.25, -0.2) is 0 Å². The van der Waals surface area contributed by atoms with Gasteiger partial charge in [0, 0.05) is 26.1 Å². The molecule has 4 heteroatoms. The number of amides is 1. The fourth-order valence-corrected chi connectivity index (χ4v) is 2.69. The first kappa shape index (κ1) is 14.5. The molecule has 1 fully saturated rings. The van der Waals surface area contributed by atoms with Crippen molar-refractivity contribution >= 4 is 5.91 Å². The van der Waals surface area contributed by atoms with Crippen LogP contribution in [0, 0.1) is 5.92 Å². The fourth-order valence-electron chi connectivity index (χ4n) is 2.69. The summed E-state index contributed by atoms with van der Waals surface area (Å²) in [5.41, 5.74) is 5.78. The summed E-state index contributed by atoms with van der Waals surface area (Å²) in [7, 11) is 1.68. The first-order valence-corrected chi connectivity index (χ1v) is 6.85. The van der Waals surface area contributed by atoms with Crippen LogP contribution in [0.1, 0.15) is 39.0 Å². The maximum Gasteiger partial charge on any atom is 0.221 e. The van der Waals surface area contributed by atoms with Crippen LogP contribution in [0.4, 0.5) is 0 Å². The fraction of sp³-hybridized carbons (Fsp3) is 0.923. The molecular formula is C13H27N3O. The molecule has 3 N–H and O–H groups in total. The highest BCUT2D eigenvalue weighted by molar-refractivity contribution is 5.76. The van der Waals surface area contributed by atoms with Crippen molar-refractivity contribution in [3.8, 4) is 0 Å². The Balaban J connectivity index is 2.36. The number of rotatable bonds is 6. The van der Waals surface area contributed by atoms with Crippen LogP contribution in [0.5, 0.6) is 0 Å². The maximum absolute atomic E-state index is 11.4. The lowest BCUT2D eigenvalue weighted by Crippen LogP contribution is -2.47. The highest BCUT2D eigenvalue weighted by Gasteiger charge is 2.25. The molecule has 1 unspecified atom stereocenters. The summed E-state index contributed by atoms with van der Waals surface area (Å²) < 4.78 is 0. The molecule has 17 heavy (non-hydrogen) atoms. The second-order valence-electron chi connectivity index (χ2n) is 5.03. The van der Waals surface area contributed by atoms with Crippen LogP contribution in [-0.2, 0) is 4.79 Å². The Morgan fingerprint density at radius 3 is 2.59 bits per heavy atom. The molecule has 1 rings (SSSR count). The second-order valence-corrected chi connectivity index (χ2v) is 5.03. The van der Waals surface area contributed by atoms with Crippen LogP contribution in [-0.4, -0.2) is 43.5 Å². The average Bonchev–Trinajstić information content (AvgIpc) is 2.37. The number of hydrogen-bond donors (Lipinski definition) is 2. The largest absolute Gasteiger partial charge is 0.359 e. The number of carbonyl (C=O) groups excluding carboxylic acids is 1. The Hall–Kier alpha value is -0.610. The highest BCUT2D eigenvalue weighted by atomic mass is 16.1. The number of carbonyl (C=O) groups is 1. The molecule has 4 nitrogen and oxygen atoms in total. The molecular weight excluding hydrogens is 214 g/mol. The second kappa shape index (κ2) is 7.67. The van der Waals surface area contributed by atoms with Gasteiger partial charge in [0.1, 0.15) is 0 Å². The summed E-state index contributed by atoms with van der Waals surface area (Å²) in [6, 6.07) is 0.220. The van der Waals surface area contributed by atoms with Gasteiger partial charge in [0.05, 0.1) is 0 Å². The van der Waals surface area contributed by atoms with E-state index in [4.69, 9.17) is 5.73 Å². The van der Waals surface area contributed by atoms with Crippen molar-refractivity contribution in [3.63, 3.8) is 0 Å². The van der Waals surface area contributed by atoms with Gasteiger partial charge in [-0.15, -0.1) is 0 Å². The third-order valence-corrected chi connectivity index (χ3v) is 3.83. The first-order chi connectivity index (χ1) is 8.21. The Morgan fingerprint density at radius 2 is 2.12 bits per heavy atom. The van der Waals surface area contributed by atoms with Gasteiger partial charge in [0.15, 0.2) is 0 Å². The van der Waals surface area contributed by atoms with E-state index in [9.17, 15) is 4.79 Å². The molecule has 1 aliphatic heterocycles. The number of nitrogens with one attached hydrogen (secondary N) is 1. The summed E-state index contributed by atoms with van der Waals surface area (Å²) in [6.45, 7) is 5.03. The van der Waals surface area contributed by atoms with Gasteiger partial charge in [-0.2, -0.15) is 0 Å². The number of likely N-dealkylation sites (tertiary alicyclic amines) is 1. The van der Waals surface area contributed by atoms with E-state index in [1.807, 2.05) is 0 Å². The minimum absolute atomic E-state index is 0.0936. The van der Waals surface area contributed by atoms with Gasteiger partial charge in [0.2, 0.25) is 5.91 Å². The van der Waals surface area contributed by atoms with Crippen molar-refractivity contribution in [1.29, 1.82) is 0 Å². The molecule has 0 aromatic heterocycles. The zero-order chi connectivity index (χ0) is 12.7. The lowest BCUT2D eigenvalue weighted by Gasteiger charge is -2.36. The predicted molar refractivity (Wildman–Crippen MR) is 70.7 cm³/mol. The summed E-state index contributed by atoms with van der Waals surface area (Å²) in [4.78, 5) is 13.8. The number of hydrogen-bond acceptors (Lipinski definition) is 3. The summed E-state index contributed by atoms with van der Waals surface area (Å²) in [5, 5.41) is 2.68. The zero-order valence-corrected chi connectivity index (χ0v) is 11.2. The van der Waals surface area contributed by atoms with Crippen molar-refractivity contribution < 1.29 is 4.79 Å². The predicted octanol–water partition coefficient (Wildman–Crippen LogP) is 0.962. The van der Waals surface area contributed by atoms with Crippen molar-refractivity contribution in [2.75, 3.05) is 26.7 Å². The molecule has 1 amide bonds. The van der Waals surface area contributed by atoms with Crippen LogP contribution in [0.25, 0.3) is 0 Å². The van der Waals surface area contributed by atoms with Crippen LogP contribution < -0.4 is 11.1 Å². The maximum atomic E-state index is 11.4. The standard InChI is InChI=1S/C13H27N3O/c1-3-4-11-5-7-16(8-6-11)12(10-14)9-13(17)15-2/h11-12H,3-10,14H2,1-2H3,(H,15,17). The topological polar surface area (TPSA) is 58.4 Å². The van der Waals surface area contributed by atoms with Crippen molar-refractivity contribution in [2.24, 2.45) is 11.7 Å². The van der Waals surface area contributed by atoms with Gasteiger partial charge in [-0.1, -0.05) is 19.8 Å². The van der Waals surface area contributed by atoms with Gasteiger partial charge >= 0.3 is 0 Å². The Labute approximate surface area is 105 Å². The van der Waals surface area contributed by atoms with Crippen LogP contribution in [0.2, 0.25) is 0 Å². The van der Waals surface area contributed by atoms with Gasteiger partial charge in [-0.3, -0.25) is 9.69 Å². The minimum Gasteiger partial charge on any atom is -0.359 e. The Bertz CT molecular complexity index is 225. The third-order valence-electron chi connectivity index (χ3n) is 3.83. The summed E-state index contributed by atoms with van der Waals surface area (Å²) >= 11 is 0. The quantitative estimate of drug-likeness (QED) is 0.728. The summed E-state index contributed by atoms with van der Waals surface area (Å²) in [6.07, 6.45) is 5.68. The highest BCUT2D eigenvalue weighted by Crippen LogP contribution is 2.23. The lowest BCUT2D eigenvalue weighted by molar-refractivity contribution is -0.121. The van der Waals surface area contributed by atoms with Crippen molar-refractivity contribution in [2.45, 2.75) is 45.1 Å². The number of piperidine rings is 1. The molecule has 1 saturated heterocycles. The first-order valence-electron chi connectivity index (χ1n) is 6.85. The van der Waals surface area contributed by atoms with E-state index < -0.39 is 0 Å². The smallest absolute Gasteiger partial charge is 0.221 e. The summed E-state index contributed by atoms with van der Waals surface area (Å²) in [5.74, 6) is 0.978. The molecule has 0 radical (unpaired) electrons. The molecule has 1 atom stereocenters. The molecule has 0 bridgehead atoms. The molecule has 1 heterocycles. The molecule has 0 saturated carbocycles. The monoisotopic (exact) mass is 241 g/mol. The van der Waals surface area contributed by atoms with E-state index in [1.165, 1.54) is 25.7 Å². The van der Waals surface area contributed by atoms with E-state index in [2.05, 4.69) is 17.1 Å². The van der Waals surface area contributed by atoms with E-state index in [-0.39, 0.29) is 11.9 Å². The molecule has 100 valence electrons. The van der Waals surface area contributed by atoms with E-state index >= 15 is 0 Å². The van der Waals surface area contributed by atoms with E-state index in [0.717, 1.165) is 19.0 Å². The average molecular weight is 241 g/mol.